The van der Waals surface area contributed by atoms with E-state index in [-0.39, 0.29) is 5.78 Å². The number of benzene rings is 1. The van der Waals surface area contributed by atoms with Gasteiger partial charge in [0.15, 0.2) is 5.78 Å². The summed E-state index contributed by atoms with van der Waals surface area (Å²) in [5, 5.41) is 3.46. The summed E-state index contributed by atoms with van der Waals surface area (Å²) in [6, 6.07) is 5.99. The van der Waals surface area contributed by atoms with Crippen LogP contribution < -0.4 is 5.32 Å². The van der Waals surface area contributed by atoms with Crippen molar-refractivity contribution >= 4 is 23.2 Å². The van der Waals surface area contributed by atoms with Gasteiger partial charge < -0.3 is 9.88 Å². The summed E-state index contributed by atoms with van der Waals surface area (Å²) in [7, 11) is 0. The molecule has 172 valence electrons. The number of anilines is 1. The summed E-state index contributed by atoms with van der Waals surface area (Å²) in [5.74, 6) is 0.0801. The predicted molar refractivity (Wildman–Crippen MR) is 140 cm³/mol. The maximum absolute atomic E-state index is 11.9. The van der Waals surface area contributed by atoms with Gasteiger partial charge in [-0.15, -0.1) is 0 Å². The SMILES string of the molecule is C=C(Nc1c(C)ccc(C(C)=O)c1C)c1ccn(CCCC)c1/C=C\C.CC.CCC. The fourth-order valence-corrected chi connectivity index (χ4v) is 3.25. The summed E-state index contributed by atoms with van der Waals surface area (Å²) in [6.07, 6.45) is 9.87. The fraction of sp³-hybridized carbons (Fsp3) is 0.464. The second-order valence-electron chi connectivity index (χ2n) is 7.46. The summed E-state index contributed by atoms with van der Waals surface area (Å²) >= 11 is 0. The minimum Gasteiger partial charge on any atom is -0.355 e. The third-order valence-corrected chi connectivity index (χ3v) is 4.74. The molecule has 0 spiro atoms. The molecule has 0 atom stereocenters. The molecule has 0 fully saturated rings. The van der Waals surface area contributed by atoms with E-state index in [0.717, 1.165) is 58.7 Å². The zero-order chi connectivity index (χ0) is 24.0. The molecule has 0 radical (unpaired) electrons. The number of ketones is 1. The number of rotatable bonds is 8. The Morgan fingerprint density at radius 3 is 2.23 bits per heavy atom. The van der Waals surface area contributed by atoms with Crippen LogP contribution in [0.5, 0.6) is 0 Å². The van der Waals surface area contributed by atoms with Crippen LogP contribution in [-0.2, 0) is 6.54 Å². The molecule has 1 aromatic heterocycles. The van der Waals surface area contributed by atoms with Gasteiger partial charge in [-0.2, -0.15) is 0 Å². The van der Waals surface area contributed by atoms with E-state index in [1.807, 2.05) is 46.8 Å². The Kier molecular flexibility index (Phi) is 14.0. The van der Waals surface area contributed by atoms with Gasteiger partial charge in [-0.25, -0.2) is 0 Å². The van der Waals surface area contributed by atoms with E-state index in [1.165, 1.54) is 6.42 Å². The van der Waals surface area contributed by atoms with E-state index in [4.69, 9.17) is 0 Å². The molecule has 31 heavy (non-hydrogen) atoms. The molecule has 0 aliphatic rings. The molecule has 1 aromatic carbocycles. The van der Waals surface area contributed by atoms with Gasteiger partial charge in [0.2, 0.25) is 0 Å². The standard InChI is InChI=1S/C23H30N2O.C3H8.C2H6/c1-7-9-14-25-15-13-21(22(25)10-8-2)18(5)24-23-16(3)11-12-20(17(23)4)19(6)26;1-3-2;1-2/h8,10-13,15,24H,5,7,9,14H2,1-4,6H3;3H2,1-2H3;1-2H3/b10-8-;;. The van der Waals surface area contributed by atoms with Crippen LogP contribution in [0.15, 0.2) is 37.1 Å². The van der Waals surface area contributed by atoms with Crippen molar-refractivity contribution in [2.24, 2.45) is 0 Å². The Labute approximate surface area is 191 Å². The highest BCUT2D eigenvalue weighted by Crippen LogP contribution is 2.29. The smallest absolute Gasteiger partial charge is 0.160 e. The van der Waals surface area contributed by atoms with Crippen LogP contribution in [0.2, 0.25) is 0 Å². The average molecular weight is 425 g/mol. The van der Waals surface area contributed by atoms with Crippen molar-refractivity contribution < 1.29 is 4.79 Å². The largest absolute Gasteiger partial charge is 0.355 e. The normalized spacial score (nSPS) is 10.1. The number of nitrogens with one attached hydrogen (secondary N) is 1. The summed E-state index contributed by atoms with van der Waals surface area (Å²) in [6.45, 7) is 23.4. The number of Topliss-reactive ketones (excluding diaryl/α,β-unsaturated/α-hetero) is 1. The molecule has 3 nitrogen and oxygen atoms in total. The Morgan fingerprint density at radius 1 is 1.10 bits per heavy atom. The van der Waals surface area contributed by atoms with Crippen LogP contribution >= 0.6 is 0 Å². The first kappa shape index (κ1) is 28.5. The van der Waals surface area contributed by atoms with E-state index < -0.39 is 0 Å². The number of carbonyl (C=O) groups is 1. The molecule has 2 rings (SSSR count). The lowest BCUT2D eigenvalue weighted by Gasteiger charge is -2.17. The zero-order valence-corrected chi connectivity index (χ0v) is 21.4. The monoisotopic (exact) mass is 424 g/mol. The maximum atomic E-state index is 11.9. The molecule has 1 heterocycles. The van der Waals surface area contributed by atoms with Crippen molar-refractivity contribution in [2.45, 2.75) is 88.1 Å². The number of allylic oxidation sites excluding steroid dienone is 1. The van der Waals surface area contributed by atoms with Gasteiger partial charge in [0, 0.05) is 40.9 Å². The second-order valence-corrected chi connectivity index (χ2v) is 7.46. The lowest BCUT2D eigenvalue weighted by atomic mass is 9.99. The highest BCUT2D eigenvalue weighted by molar-refractivity contribution is 5.98. The second kappa shape index (κ2) is 15.3. The summed E-state index contributed by atoms with van der Waals surface area (Å²) in [4.78, 5) is 11.9. The van der Waals surface area contributed by atoms with Gasteiger partial charge in [-0.05, 0) is 57.4 Å². The lowest BCUT2D eigenvalue weighted by Crippen LogP contribution is -2.07. The van der Waals surface area contributed by atoms with Crippen LogP contribution in [0.1, 0.15) is 100 Å². The number of unbranched alkanes of at least 4 members (excludes halogenated alkanes) is 1. The zero-order valence-electron chi connectivity index (χ0n) is 21.4. The molecule has 0 saturated heterocycles. The van der Waals surface area contributed by atoms with Crippen molar-refractivity contribution in [3.05, 3.63) is 65.0 Å². The minimum atomic E-state index is 0.0801. The average Bonchev–Trinajstić information content (AvgIpc) is 3.14. The minimum absolute atomic E-state index is 0.0801. The Balaban J connectivity index is 0.00000165. The molecular formula is C28H44N2O. The van der Waals surface area contributed by atoms with Gasteiger partial charge in [-0.3, -0.25) is 4.79 Å². The number of hydrogen-bond acceptors (Lipinski definition) is 2. The quantitative estimate of drug-likeness (QED) is 0.430. The van der Waals surface area contributed by atoms with Crippen LogP contribution in [0.25, 0.3) is 11.8 Å². The van der Waals surface area contributed by atoms with Crippen molar-refractivity contribution in [1.29, 1.82) is 0 Å². The molecule has 0 bridgehead atoms. The highest BCUT2D eigenvalue weighted by atomic mass is 16.1. The van der Waals surface area contributed by atoms with E-state index >= 15 is 0 Å². The molecule has 0 saturated carbocycles. The third kappa shape index (κ3) is 8.24. The van der Waals surface area contributed by atoms with Gasteiger partial charge in [-0.1, -0.05) is 72.2 Å². The van der Waals surface area contributed by atoms with Crippen molar-refractivity contribution in [3.8, 4) is 0 Å². The van der Waals surface area contributed by atoms with Gasteiger partial charge in [0.25, 0.3) is 0 Å². The van der Waals surface area contributed by atoms with Crippen LogP contribution in [0, 0.1) is 13.8 Å². The number of aromatic nitrogens is 1. The van der Waals surface area contributed by atoms with Gasteiger partial charge >= 0.3 is 0 Å². The summed E-state index contributed by atoms with van der Waals surface area (Å²) < 4.78 is 2.28. The molecule has 0 unspecified atom stereocenters. The summed E-state index contributed by atoms with van der Waals surface area (Å²) in [5.41, 5.74) is 6.89. The molecular weight excluding hydrogens is 380 g/mol. The Hall–Kier alpha value is -2.55. The van der Waals surface area contributed by atoms with Gasteiger partial charge in [0.1, 0.15) is 0 Å². The van der Waals surface area contributed by atoms with E-state index in [9.17, 15) is 4.79 Å². The first-order valence-electron chi connectivity index (χ1n) is 11.7. The van der Waals surface area contributed by atoms with E-state index in [0.29, 0.717) is 0 Å². The topological polar surface area (TPSA) is 34.0 Å². The van der Waals surface area contributed by atoms with Crippen molar-refractivity contribution in [1.82, 2.24) is 4.57 Å². The van der Waals surface area contributed by atoms with Gasteiger partial charge in [0.05, 0.1) is 0 Å². The molecule has 0 amide bonds. The maximum Gasteiger partial charge on any atom is 0.160 e. The number of aryl methyl sites for hydroxylation is 2. The number of hydrogen-bond donors (Lipinski definition) is 1. The van der Waals surface area contributed by atoms with Crippen molar-refractivity contribution in [2.75, 3.05) is 5.32 Å². The number of nitrogens with zero attached hydrogens (tertiary/aromatic N) is 1. The predicted octanol–water partition coefficient (Wildman–Crippen LogP) is 8.67. The van der Waals surface area contributed by atoms with Crippen molar-refractivity contribution in [3.63, 3.8) is 0 Å². The molecule has 0 aliphatic carbocycles. The lowest BCUT2D eigenvalue weighted by molar-refractivity contribution is 0.101. The van der Waals surface area contributed by atoms with Crippen LogP contribution in [0.4, 0.5) is 5.69 Å². The first-order valence-corrected chi connectivity index (χ1v) is 11.7. The first-order chi connectivity index (χ1) is 14.8. The number of carbonyl (C=O) groups excluding carboxylic acids is 1. The van der Waals surface area contributed by atoms with E-state index in [1.54, 1.807) is 6.92 Å². The highest BCUT2D eigenvalue weighted by Gasteiger charge is 2.14. The Bertz CT molecular complexity index is 856. The molecule has 2 aromatic rings. The fourth-order valence-electron chi connectivity index (χ4n) is 3.25. The van der Waals surface area contributed by atoms with Crippen LogP contribution in [0.3, 0.4) is 0 Å². The third-order valence-electron chi connectivity index (χ3n) is 4.74. The van der Waals surface area contributed by atoms with Crippen LogP contribution in [-0.4, -0.2) is 10.4 Å². The molecule has 0 aliphatic heterocycles. The van der Waals surface area contributed by atoms with E-state index in [2.05, 4.69) is 61.6 Å². The Morgan fingerprint density at radius 2 is 1.71 bits per heavy atom. The molecule has 3 heteroatoms. The molecule has 1 N–H and O–H groups in total.